The number of nitrogens with one attached hydrogen (secondary N) is 1. The molecule has 1 aromatic heterocycles. The van der Waals surface area contributed by atoms with Gasteiger partial charge in [-0.15, -0.1) is 11.3 Å². The first-order chi connectivity index (χ1) is 9.13. The van der Waals surface area contributed by atoms with Gasteiger partial charge in [0.15, 0.2) is 0 Å². The van der Waals surface area contributed by atoms with Gasteiger partial charge >= 0.3 is 0 Å². The molecule has 0 aliphatic rings. The van der Waals surface area contributed by atoms with Crippen molar-refractivity contribution in [2.24, 2.45) is 17.6 Å². The highest BCUT2D eigenvalue weighted by atomic mass is 32.1. The van der Waals surface area contributed by atoms with Crippen LogP contribution in [0.2, 0.25) is 0 Å². The maximum Gasteiger partial charge on any atom is 0.220 e. The molecule has 3 N–H and O–H groups in total. The van der Waals surface area contributed by atoms with E-state index in [1.165, 1.54) is 4.88 Å². The van der Waals surface area contributed by atoms with E-state index in [4.69, 9.17) is 5.73 Å². The van der Waals surface area contributed by atoms with Crippen LogP contribution in [0.3, 0.4) is 0 Å². The zero-order valence-corrected chi connectivity index (χ0v) is 12.8. The molecule has 0 aromatic carbocycles. The quantitative estimate of drug-likeness (QED) is 0.732. The fraction of sp³-hybridized carbons (Fsp3) is 0.667. The molecule has 0 spiro atoms. The standard InChI is InChI=1S/C15H26N2OS/c1-12(2)13(7-9-16)5-6-15(18)17-10-8-14-4-3-11-19-14/h3-4,11-13H,5-10,16H2,1-2H3,(H,17,18). The van der Waals surface area contributed by atoms with Crippen LogP contribution in [0.5, 0.6) is 0 Å². The van der Waals surface area contributed by atoms with Crippen LogP contribution >= 0.6 is 11.3 Å². The monoisotopic (exact) mass is 282 g/mol. The highest BCUT2D eigenvalue weighted by Crippen LogP contribution is 2.20. The van der Waals surface area contributed by atoms with Crippen LogP contribution in [-0.4, -0.2) is 19.0 Å². The van der Waals surface area contributed by atoms with E-state index in [1.54, 1.807) is 11.3 Å². The minimum atomic E-state index is 0.166. The average molecular weight is 282 g/mol. The van der Waals surface area contributed by atoms with Gasteiger partial charge in [-0.25, -0.2) is 0 Å². The summed E-state index contributed by atoms with van der Waals surface area (Å²) in [4.78, 5) is 13.1. The number of nitrogens with two attached hydrogens (primary N) is 1. The van der Waals surface area contributed by atoms with Crippen LogP contribution in [0.1, 0.15) is 38.0 Å². The number of hydrogen-bond acceptors (Lipinski definition) is 3. The first-order valence-electron chi connectivity index (χ1n) is 7.12. The van der Waals surface area contributed by atoms with E-state index >= 15 is 0 Å². The lowest BCUT2D eigenvalue weighted by molar-refractivity contribution is -0.121. The Bertz CT molecular complexity index is 349. The van der Waals surface area contributed by atoms with E-state index in [2.05, 4.69) is 30.6 Å². The Morgan fingerprint density at radius 3 is 2.79 bits per heavy atom. The summed E-state index contributed by atoms with van der Waals surface area (Å²) in [5.74, 6) is 1.33. The van der Waals surface area contributed by atoms with Crippen LogP contribution < -0.4 is 11.1 Å². The molecule has 4 heteroatoms. The van der Waals surface area contributed by atoms with Gasteiger partial charge < -0.3 is 11.1 Å². The van der Waals surface area contributed by atoms with Gasteiger partial charge in [0, 0.05) is 17.8 Å². The van der Waals surface area contributed by atoms with Gasteiger partial charge in [-0.05, 0) is 49.1 Å². The van der Waals surface area contributed by atoms with Gasteiger partial charge in [0.1, 0.15) is 0 Å². The second-order valence-corrected chi connectivity index (χ2v) is 6.33. The third kappa shape index (κ3) is 6.73. The Morgan fingerprint density at radius 1 is 1.42 bits per heavy atom. The lowest BCUT2D eigenvalue weighted by Crippen LogP contribution is -2.26. The van der Waals surface area contributed by atoms with Crippen molar-refractivity contribution in [3.63, 3.8) is 0 Å². The summed E-state index contributed by atoms with van der Waals surface area (Å²) in [6.45, 7) is 5.86. The van der Waals surface area contributed by atoms with Crippen molar-refractivity contribution >= 4 is 17.2 Å². The molecule has 0 aliphatic heterocycles. The van der Waals surface area contributed by atoms with Crippen molar-refractivity contribution in [3.05, 3.63) is 22.4 Å². The summed E-state index contributed by atoms with van der Waals surface area (Å²) in [7, 11) is 0. The van der Waals surface area contributed by atoms with Crippen molar-refractivity contribution in [1.82, 2.24) is 5.32 Å². The molecular formula is C15H26N2OS. The first-order valence-corrected chi connectivity index (χ1v) is 8.00. The van der Waals surface area contributed by atoms with Gasteiger partial charge in [0.05, 0.1) is 0 Å². The molecule has 1 atom stereocenters. The van der Waals surface area contributed by atoms with Crippen molar-refractivity contribution in [1.29, 1.82) is 0 Å². The maximum absolute atomic E-state index is 11.8. The van der Waals surface area contributed by atoms with Crippen LogP contribution in [0.15, 0.2) is 17.5 Å². The minimum Gasteiger partial charge on any atom is -0.356 e. The van der Waals surface area contributed by atoms with Crippen LogP contribution in [0, 0.1) is 11.8 Å². The summed E-state index contributed by atoms with van der Waals surface area (Å²) >= 11 is 1.74. The molecular weight excluding hydrogens is 256 g/mol. The molecule has 1 heterocycles. The molecule has 3 nitrogen and oxygen atoms in total. The van der Waals surface area contributed by atoms with E-state index in [0.717, 1.165) is 25.8 Å². The predicted octanol–water partition coefficient (Wildman–Crippen LogP) is 2.81. The van der Waals surface area contributed by atoms with Crippen molar-refractivity contribution in [2.75, 3.05) is 13.1 Å². The lowest BCUT2D eigenvalue weighted by Gasteiger charge is -2.19. The Kier molecular flexibility index (Phi) is 7.75. The SMILES string of the molecule is CC(C)C(CCN)CCC(=O)NCCc1cccs1. The lowest BCUT2D eigenvalue weighted by atomic mass is 9.88. The van der Waals surface area contributed by atoms with Gasteiger partial charge in [-0.3, -0.25) is 4.79 Å². The molecule has 0 bridgehead atoms. The predicted molar refractivity (Wildman–Crippen MR) is 82.3 cm³/mol. The van der Waals surface area contributed by atoms with Crippen LogP contribution in [-0.2, 0) is 11.2 Å². The molecule has 1 aromatic rings. The van der Waals surface area contributed by atoms with Gasteiger partial charge in [0.25, 0.3) is 0 Å². The van der Waals surface area contributed by atoms with E-state index < -0.39 is 0 Å². The second-order valence-electron chi connectivity index (χ2n) is 5.30. The second kappa shape index (κ2) is 9.10. The minimum absolute atomic E-state index is 0.166. The molecule has 19 heavy (non-hydrogen) atoms. The largest absolute Gasteiger partial charge is 0.356 e. The van der Waals surface area contributed by atoms with E-state index in [1.807, 2.05) is 6.07 Å². The van der Waals surface area contributed by atoms with Gasteiger partial charge in [-0.2, -0.15) is 0 Å². The molecule has 1 unspecified atom stereocenters. The highest BCUT2D eigenvalue weighted by molar-refractivity contribution is 7.09. The fourth-order valence-electron chi connectivity index (χ4n) is 2.21. The molecule has 0 fully saturated rings. The van der Waals surface area contributed by atoms with Gasteiger partial charge in [-0.1, -0.05) is 19.9 Å². The Morgan fingerprint density at radius 2 is 2.21 bits per heavy atom. The van der Waals surface area contributed by atoms with Crippen molar-refractivity contribution in [3.8, 4) is 0 Å². The molecule has 1 amide bonds. The molecule has 0 radical (unpaired) electrons. The summed E-state index contributed by atoms with van der Waals surface area (Å²) < 4.78 is 0. The number of rotatable bonds is 9. The van der Waals surface area contributed by atoms with E-state index in [0.29, 0.717) is 24.8 Å². The van der Waals surface area contributed by atoms with Crippen LogP contribution in [0.4, 0.5) is 0 Å². The van der Waals surface area contributed by atoms with Gasteiger partial charge in [0.2, 0.25) is 5.91 Å². The molecule has 0 aliphatic carbocycles. The number of thiophene rings is 1. The number of carbonyl (C=O) groups excluding carboxylic acids is 1. The summed E-state index contributed by atoms with van der Waals surface area (Å²) in [6.07, 6.45) is 3.51. The Hall–Kier alpha value is -0.870. The Labute approximate surface area is 120 Å². The summed E-state index contributed by atoms with van der Waals surface area (Å²) in [5.41, 5.74) is 5.61. The topological polar surface area (TPSA) is 55.1 Å². The third-order valence-electron chi connectivity index (χ3n) is 3.50. The normalized spacial score (nSPS) is 12.6. The summed E-state index contributed by atoms with van der Waals surface area (Å²) in [5, 5.41) is 5.06. The van der Waals surface area contributed by atoms with E-state index in [9.17, 15) is 4.79 Å². The summed E-state index contributed by atoms with van der Waals surface area (Å²) in [6, 6.07) is 4.15. The molecule has 108 valence electrons. The zero-order chi connectivity index (χ0) is 14.1. The number of carbonyl (C=O) groups is 1. The first kappa shape index (κ1) is 16.2. The highest BCUT2D eigenvalue weighted by Gasteiger charge is 2.14. The molecule has 0 saturated heterocycles. The smallest absolute Gasteiger partial charge is 0.220 e. The molecule has 1 rings (SSSR count). The molecule has 0 saturated carbocycles. The Balaban J connectivity index is 2.16. The van der Waals surface area contributed by atoms with Crippen LogP contribution in [0.25, 0.3) is 0 Å². The maximum atomic E-state index is 11.8. The van der Waals surface area contributed by atoms with Crippen molar-refractivity contribution in [2.45, 2.75) is 39.5 Å². The van der Waals surface area contributed by atoms with Crippen molar-refractivity contribution < 1.29 is 4.79 Å². The average Bonchev–Trinajstić information content (AvgIpc) is 2.87. The zero-order valence-electron chi connectivity index (χ0n) is 12.0. The fourth-order valence-corrected chi connectivity index (χ4v) is 2.92. The third-order valence-corrected chi connectivity index (χ3v) is 4.43. The number of hydrogen-bond donors (Lipinski definition) is 2. The number of amides is 1. The van der Waals surface area contributed by atoms with E-state index in [-0.39, 0.29) is 5.91 Å².